The first-order valence-corrected chi connectivity index (χ1v) is 12.6. The highest BCUT2D eigenvalue weighted by molar-refractivity contribution is 5.63. The summed E-state index contributed by atoms with van der Waals surface area (Å²) in [6.45, 7) is 5.80. The van der Waals surface area contributed by atoms with E-state index in [2.05, 4.69) is 0 Å². The number of halogens is 1. The van der Waals surface area contributed by atoms with Crippen LogP contribution in [0.3, 0.4) is 0 Å². The molecule has 5 rings (SSSR count). The van der Waals surface area contributed by atoms with Crippen molar-refractivity contribution in [2.75, 3.05) is 13.2 Å². The summed E-state index contributed by atoms with van der Waals surface area (Å²) >= 11 is 0. The van der Waals surface area contributed by atoms with Gasteiger partial charge in [0.15, 0.2) is 0 Å². The van der Waals surface area contributed by atoms with E-state index in [9.17, 15) is 9.50 Å². The third-order valence-electron chi connectivity index (χ3n) is 5.90. The van der Waals surface area contributed by atoms with Gasteiger partial charge in [0.25, 0.3) is 5.97 Å². The van der Waals surface area contributed by atoms with Gasteiger partial charge in [0.05, 0.1) is 18.8 Å². The lowest BCUT2D eigenvalue weighted by Crippen LogP contribution is -2.21. The fraction of sp³-hybridized carbons (Fsp3) is 0.367. The number of phenols is 1. The number of rotatable bonds is 6. The van der Waals surface area contributed by atoms with Gasteiger partial charge >= 0.3 is 0 Å². The zero-order chi connectivity index (χ0) is 27.7. The first-order chi connectivity index (χ1) is 18.0. The molecule has 3 aromatic rings. The molecule has 3 N–H and O–H groups in total. The Kier molecular flexibility index (Phi) is 9.96. The quantitative estimate of drug-likeness (QED) is 0.358. The second-order valence-electron chi connectivity index (χ2n) is 9.75. The number of hydrogen-bond donors (Lipinski definition) is 3. The summed E-state index contributed by atoms with van der Waals surface area (Å²) in [6.07, 6.45) is 4.15. The Morgan fingerprint density at radius 3 is 2.34 bits per heavy atom. The summed E-state index contributed by atoms with van der Waals surface area (Å²) in [5.41, 5.74) is 2.24. The molecule has 3 aromatic carbocycles. The van der Waals surface area contributed by atoms with Gasteiger partial charge in [-0.25, -0.2) is 4.39 Å². The molecule has 204 valence electrons. The number of aromatic hydroxyl groups is 1. The third-order valence-corrected chi connectivity index (χ3v) is 5.90. The van der Waals surface area contributed by atoms with Gasteiger partial charge in [0.2, 0.25) is 0 Å². The van der Waals surface area contributed by atoms with E-state index in [1.807, 2.05) is 30.3 Å². The Balaban J connectivity index is 0.000000234. The lowest BCUT2D eigenvalue weighted by Gasteiger charge is -2.17. The molecule has 0 spiro atoms. The number of hydrogen-bond acceptors (Lipinski definition) is 6. The van der Waals surface area contributed by atoms with Crippen LogP contribution >= 0.6 is 0 Å². The Morgan fingerprint density at radius 2 is 1.66 bits per heavy atom. The zero-order valence-electron chi connectivity index (χ0n) is 22.0. The van der Waals surface area contributed by atoms with Gasteiger partial charge in [-0.1, -0.05) is 6.07 Å². The maximum absolute atomic E-state index is 13.8. The van der Waals surface area contributed by atoms with Crippen LogP contribution in [0.25, 0.3) is 0 Å². The van der Waals surface area contributed by atoms with Crippen molar-refractivity contribution in [1.29, 1.82) is 0 Å². The molecular weight excluding hydrogens is 491 g/mol. The highest BCUT2D eigenvalue weighted by Gasteiger charge is 2.20. The lowest BCUT2D eigenvalue weighted by atomic mass is 10.1. The molecule has 0 aromatic heterocycles. The summed E-state index contributed by atoms with van der Waals surface area (Å²) in [5.74, 6) is 2.31. The zero-order valence-corrected chi connectivity index (χ0v) is 22.0. The van der Waals surface area contributed by atoms with Gasteiger partial charge in [0, 0.05) is 31.4 Å². The lowest BCUT2D eigenvalue weighted by molar-refractivity contribution is -0.134. The van der Waals surface area contributed by atoms with Gasteiger partial charge in [-0.3, -0.25) is 4.79 Å². The Hall–Kier alpha value is -3.78. The normalized spacial score (nSPS) is 13.1. The van der Waals surface area contributed by atoms with Crippen LogP contribution in [0.5, 0.6) is 28.7 Å². The molecule has 1 aliphatic heterocycles. The van der Waals surface area contributed by atoms with Crippen LogP contribution in [-0.2, 0) is 24.1 Å². The number of aliphatic carboxylic acids is 1. The van der Waals surface area contributed by atoms with Gasteiger partial charge in [-0.15, -0.1) is 0 Å². The van der Waals surface area contributed by atoms with Crippen LogP contribution < -0.4 is 14.2 Å². The smallest absolute Gasteiger partial charge is 0.300 e. The van der Waals surface area contributed by atoms with Crippen LogP contribution in [0.2, 0.25) is 0 Å². The highest BCUT2D eigenvalue weighted by atomic mass is 19.1. The van der Waals surface area contributed by atoms with Crippen molar-refractivity contribution in [3.63, 3.8) is 0 Å². The number of carboxylic acids is 1. The van der Waals surface area contributed by atoms with Crippen LogP contribution in [0, 0.1) is 5.82 Å². The number of carbonyl (C=O) groups is 1. The van der Waals surface area contributed by atoms with Crippen LogP contribution in [-0.4, -0.2) is 40.1 Å². The van der Waals surface area contributed by atoms with Crippen molar-refractivity contribution < 1.29 is 38.7 Å². The number of ether oxygens (including phenoxy) is 3. The minimum atomic E-state index is -0.833. The van der Waals surface area contributed by atoms with Crippen molar-refractivity contribution in [2.45, 2.75) is 58.5 Å². The van der Waals surface area contributed by atoms with Gasteiger partial charge in [-0.05, 0) is 86.7 Å². The minimum Gasteiger partial charge on any atom is -0.508 e. The van der Waals surface area contributed by atoms with E-state index in [4.69, 9.17) is 29.2 Å². The average molecular weight is 527 g/mol. The van der Waals surface area contributed by atoms with E-state index in [0.717, 1.165) is 67.6 Å². The molecule has 0 amide bonds. The minimum absolute atomic E-state index is 0.134. The molecule has 8 heteroatoms. The SMILES string of the molecule is CC(=O)O.CC(C)(O)CCOc1ccc(Oc2ccc(F)c3c2CCC3)cc1.Oc1ccc2c(c1)OCC2. The van der Waals surface area contributed by atoms with E-state index >= 15 is 0 Å². The Morgan fingerprint density at radius 1 is 1.00 bits per heavy atom. The molecule has 38 heavy (non-hydrogen) atoms. The molecule has 0 unspecified atom stereocenters. The molecule has 2 aliphatic rings. The molecule has 1 heterocycles. The fourth-order valence-corrected chi connectivity index (χ4v) is 4.03. The van der Waals surface area contributed by atoms with Gasteiger partial charge < -0.3 is 29.5 Å². The molecule has 0 fully saturated rings. The van der Waals surface area contributed by atoms with Crippen LogP contribution in [0.1, 0.15) is 50.3 Å². The van der Waals surface area contributed by atoms with Crippen molar-refractivity contribution in [3.05, 3.63) is 77.1 Å². The summed E-state index contributed by atoms with van der Waals surface area (Å²) in [6, 6.07) is 15.8. The van der Waals surface area contributed by atoms with E-state index in [0.29, 0.717) is 18.8 Å². The molecule has 0 atom stereocenters. The van der Waals surface area contributed by atoms with Crippen LogP contribution in [0.4, 0.5) is 4.39 Å². The highest BCUT2D eigenvalue weighted by Crippen LogP contribution is 2.35. The third kappa shape index (κ3) is 8.95. The topological polar surface area (TPSA) is 105 Å². The summed E-state index contributed by atoms with van der Waals surface area (Å²) in [4.78, 5) is 9.00. The molecule has 0 saturated carbocycles. The second-order valence-corrected chi connectivity index (χ2v) is 9.75. The van der Waals surface area contributed by atoms with Gasteiger partial charge in [0.1, 0.15) is 34.6 Å². The molecule has 7 nitrogen and oxygen atoms in total. The van der Waals surface area contributed by atoms with Crippen molar-refractivity contribution in [2.24, 2.45) is 0 Å². The van der Waals surface area contributed by atoms with E-state index in [1.54, 1.807) is 32.0 Å². The number of phenolic OH excluding ortho intramolecular Hbond substituents is 1. The summed E-state index contributed by atoms with van der Waals surface area (Å²) in [5, 5.41) is 26.1. The number of carboxylic acid groups (broad SMARTS) is 1. The van der Waals surface area contributed by atoms with Crippen LogP contribution in [0.15, 0.2) is 54.6 Å². The van der Waals surface area contributed by atoms with Crippen molar-refractivity contribution >= 4 is 5.97 Å². The predicted octanol–water partition coefficient (Wildman–Crippen LogP) is 6.06. The maximum atomic E-state index is 13.8. The first kappa shape index (κ1) is 28.8. The fourth-order valence-electron chi connectivity index (χ4n) is 4.03. The standard InChI is InChI=1S/C20H23FO3.C8H8O2.C2H4O2/c1-20(2,22)12-13-23-14-6-8-15(9-7-14)24-19-11-10-18(21)16-4-3-5-17(16)19;9-7-2-1-6-3-4-10-8(6)5-7;1-2(3)4/h6-11,22H,3-5,12-13H2,1-2H3;1-2,5,9H,3-4H2;1H3,(H,3,4). The molecule has 0 saturated heterocycles. The van der Waals surface area contributed by atoms with Gasteiger partial charge in [-0.2, -0.15) is 0 Å². The van der Waals surface area contributed by atoms with Crippen molar-refractivity contribution in [1.82, 2.24) is 0 Å². The predicted molar refractivity (Wildman–Crippen MR) is 142 cm³/mol. The number of benzene rings is 3. The number of aliphatic hydroxyl groups is 1. The molecular formula is C30H35FO7. The Labute approximate surface area is 222 Å². The second kappa shape index (κ2) is 13.1. The average Bonchev–Trinajstić information content (AvgIpc) is 3.51. The van der Waals surface area contributed by atoms with Crippen molar-refractivity contribution in [3.8, 4) is 28.7 Å². The number of fused-ring (bicyclic) bond motifs is 2. The summed E-state index contributed by atoms with van der Waals surface area (Å²) in [7, 11) is 0. The van der Waals surface area contributed by atoms with E-state index in [1.165, 1.54) is 11.6 Å². The molecule has 1 aliphatic carbocycles. The summed E-state index contributed by atoms with van der Waals surface area (Å²) < 4.78 is 30.5. The van der Waals surface area contributed by atoms with E-state index in [-0.39, 0.29) is 11.6 Å². The largest absolute Gasteiger partial charge is 0.508 e. The van der Waals surface area contributed by atoms with E-state index < -0.39 is 11.6 Å². The molecule has 0 radical (unpaired) electrons. The Bertz CT molecular complexity index is 1210. The monoisotopic (exact) mass is 526 g/mol. The maximum Gasteiger partial charge on any atom is 0.300 e. The first-order valence-electron chi connectivity index (χ1n) is 12.6. The molecule has 0 bridgehead atoms.